The van der Waals surface area contributed by atoms with Crippen molar-refractivity contribution in [3.63, 3.8) is 0 Å². The first kappa shape index (κ1) is 12.0. The van der Waals surface area contributed by atoms with Crippen LogP contribution in [0.1, 0.15) is 21.5 Å². The summed E-state index contributed by atoms with van der Waals surface area (Å²) >= 11 is 0. The lowest BCUT2D eigenvalue weighted by Crippen LogP contribution is -2.06. The summed E-state index contributed by atoms with van der Waals surface area (Å²) in [7, 11) is 0. The van der Waals surface area contributed by atoms with Crippen molar-refractivity contribution in [3.8, 4) is 0 Å². The molecule has 18 heavy (non-hydrogen) atoms. The van der Waals surface area contributed by atoms with Crippen molar-refractivity contribution in [2.24, 2.45) is 0 Å². The monoisotopic (exact) mass is 239 g/mol. The fourth-order valence-electron chi connectivity index (χ4n) is 1.55. The molecule has 89 valence electrons. The zero-order chi connectivity index (χ0) is 12.8. The van der Waals surface area contributed by atoms with Gasteiger partial charge in [-0.3, -0.25) is 4.79 Å². The van der Waals surface area contributed by atoms with E-state index in [1.165, 1.54) is 0 Å². The first-order chi connectivity index (χ1) is 8.81. The summed E-state index contributed by atoms with van der Waals surface area (Å²) < 4.78 is 5.14. The van der Waals surface area contributed by atoms with Gasteiger partial charge in [-0.2, -0.15) is 0 Å². The molecule has 0 aliphatic rings. The second-order valence-electron chi connectivity index (χ2n) is 3.70. The van der Waals surface area contributed by atoms with E-state index in [0.29, 0.717) is 16.7 Å². The van der Waals surface area contributed by atoms with Crippen LogP contribution in [-0.2, 0) is 16.1 Å². The molecule has 0 unspecified atom stereocenters. The Labute approximate surface area is 105 Å². The predicted molar refractivity (Wildman–Crippen MR) is 66.8 cm³/mol. The van der Waals surface area contributed by atoms with E-state index in [1.54, 1.807) is 48.5 Å². The summed E-state index contributed by atoms with van der Waals surface area (Å²) in [5, 5.41) is 0. The molecule has 0 N–H and O–H groups in total. The van der Waals surface area contributed by atoms with E-state index >= 15 is 0 Å². The highest BCUT2D eigenvalue weighted by Gasteiger charge is 2.08. The SMILES string of the molecule is O=[C]c1ccccc1COC(=O)c1ccccc1. The van der Waals surface area contributed by atoms with Crippen LogP contribution in [-0.4, -0.2) is 12.3 Å². The van der Waals surface area contributed by atoms with Gasteiger partial charge < -0.3 is 4.74 Å². The zero-order valence-electron chi connectivity index (χ0n) is 9.63. The number of carbonyl (C=O) groups excluding carboxylic acids is 2. The standard InChI is InChI=1S/C15H11O3/c16-10-13-8-4-5-9-14(13)11-18-15(17)12-6-2-1-3-7-12/h1-9H,11H2. The van der Waals surface area contributed by atoms with Gasteiger partial charge >= 0.3 is 5.97 Å². The van der Waals surface area contributed by atoms with Crippen LogP contribution in [0, 0.1) is 0 Å². The van der Waals surface area contributed by atoms with Gasteiger partial charge in [-0.05, 0) is 12.1 Å². The third-order valence-electron chi connectivity index (χ3n) is 2.50. The molecule has 0 aliphatic carbocycles. The van der Waals surface area contributed by atoms with Crippen LogP contribution in [0.25, 0.3) is 0 Å². The van der Waals surface area contributed by atoms with Crippen LogP contribution in [0.15, 0.2) is 54.6 Å². The number of carbonyl (C=O) groups is 1. The van der Waals surface area contributed by atoms with Crippen molar-refractivity contribution < 1.29 is 14.3 Å². The second-order valence-corrected chi connectivity index (χ2v) is 3.70. The number of hydrogen-bond acceptors (Lipinski definition) is 3. The molecule has 0 spiro atoms. The van der Waals surface area contributed by atoms with E-state index in [1.807, 2.05) is 12.4 Å². The third kappa shape index (κ3) is 2.83. The second kappa shape index (κ2) is 5.77. The van der Waals surface area contributed by atoms with Crippen LogP contribution >= 0.6 is 0 Å². The molecular formula is C15H11O3. The molecule has 1 radical (unpaired) electrons. The minimum absolute atomic E-state index is 0.0686. The number of rotatable bonds is 4. The van der Waals surface area contributed by atoms with Crippen molar-refractivity contribution >= 4 is 12.3 Å². The lowest BCUT2D eigenvalue weighted by atomic mass is 10.1. The van der Waals surface area contributed by atoms with Crippen molar-refractivity contribution in [1.29, 1.82) is 0 Å². The van der Waals surface area contributed by atoms with Crippen LogP contribution in [0.2, 0.25) is 0 Å². The van der Waals surface area contributed by atoms with Crippen LogP contribution in [0.4, 0.5) is 0 Å². The molecule has 0 atom stereocenters. The van der Waals surface area contributed by atoms with Gasteiger partial charge in [0.2, 0.25) is 6.29 Å². The quantitative estimate of drug-likeness (QED) is 0.770. The lowest BCUT2D eigenvalue weighted by Gasteiger charge is -2.06. The Morgan fingerprint density at radius 3 is 2.39 bits per heavy atom. The Kier molecular flexibility index (Phi) is 3.86. The maximum atomic E-state index is 11.7. The van der Waals surface area contributed by atoms with Gasteiger partial charge in [0.15, 0.2) is 0 Å². The van der Waals surface area contributed by atoms with Gasteiger partial charge in [0.25, 0.3) is 0 Å². The van der Waals surface area contributed by atoms with Gasteiger partial charge in [0.1, 0.15) is 6.61 Å². The van der Waals surface area contributed by atoms with Crippen molar-refractivity contribution in [2.75, 3.05) is 0 Å². The Morgan fingerprint density at radius 1 is 1.00 bits per heavy atom. The molecule has 2 aromatic carbocycles. The molecule has 0 fully saturated rings. The summed E-state index contributed by atoms with van der Waals surface area (Å²) in [6.45, 7) is 0.0686. The first-order valence-electron chi connectivity index (χ1n) is 5.49. The fourth-order valence-corrected chi connectivity index (χ4v) is 1.55. The first-order valence-corrected chi connectivity index (χ1v) is 5.49. The summed E-state index contributed by atoms with van der Waals surface area (Å²) in [6.07, 6.45) is 1.82. The molecule has 2 rings (SSSR count). The topological polar surface area (TPSA) is 43.4 Å². The maximum absolute atomic E-state index is 11.7. The molecule has 0 aliphatic heterocycles. The van der Waals surface area contributed by atoms with Gasteiger partial charge in [-0.15, -0.1) is 0 Å². The highest BCUT2D eigenvalue weighted by atomic mass is 16.5. The van der Waals surface area contributed by atoms with Crippen LogP contribution in [0.5, 0.6) is 0 Å². The summed E-state index contributed by atoms with van der Waals surface area (Å²) in [6, 6.07) is 15.6. The van der Waals surface area contributed by atoms with E-state index < -0.39 is 5.97 Å². The average molecular weight is 239 g/mol. The number of benzene rings is 2. The molecule has 0 amide bonds. The van der Waals surface area contributed by atoms with Gasteiger partial charge in [0.05, 0.1) is 5.56 Å². The molecule has 0 bridgehead atoms. The Bertz CT molecular complexity index is 547. The van der Waals surface area contributed by atoms with E-state index in [4.69, 9.17) is 4.74 Å². The minimum Gasteiger partial charge on any atom is -0.457 e. The van der Waals surface area contributed by atoms with Crippen molar-refractivity contribution in [3.05, 3.63) is 71.3 Å². The van der Waals surface area contributed by atoms with Crippen molar-refractivity contribution in [2.45, 2.75) is 6.61 Å². The molecule has 2 aromatic rings. The molecule has 0 aromatic heterocycles. The molecule has 0 saturated carbocycles. The minimum atomic E-state index is -0.406. The summed E-state index contributed by atoms with van der Waals surface area (Å²) in [5.74, 6) is -0.406. The predicted octanol–water partition coefficient (Wildman–Crippen LogP) is 2.50. The molecule has 3 heteroatoms. The normalized spacial score (nSPS) is 9.78. The van der Waals surface area contributed by atoms with Gasteiger partial charge in [-0.1, -0.05) is 42.5 Å². The molecule has 3 nitrogen and oxygen atoms in total. The largest absolute Gasteiger partial charge is 0.457 e. The number of esters is 1. The number of hydrogen-bond donors (Lipinski definition) is 0. The Morgan fingerprint density at radius 2 is 1.67 bits per heavy atom. The Hall–Kier alpha value is -2.42. The third-order valence-corrected chi connectivity index (χ3v) is 2.50. The van der Waals surface area contributed by atoms with Crippen LogP contribution in [0.3, 0.4) is 0 Å². The van der Waals surface area contributed by atoms with Crippen LogP contribution < -0.4 is 0 Å². The molecule has 0 heterocycles. The fraction of sp³-hybridized carbons (Fsp3) is 0.0667. The average Bonchev–Trinajstić information content (AvgIpc) is 2.46. The van der Waals surface area contributed by atoms with Gasteiger partial charge in [0, 0.05) is 11.1 Å². The zero-order valence-corrected chi connectivity index (χ0v) is 9.63. The maximum Gasteiger partial charge on any atom is 0.338 e. The summed E-state index contributed by atoms with van der Waals surface area (Å²) in [5.41, 5.74) is 1.56. The highest BCUT2D eigenvalue weighted by molar-refractivity contribution is 5.89. The van der Waals surface area contributed by atoms with E-state index in [0.717, 1.165) is 0 Å². The Balaban J connectivity index is 2.04. The lowest BCUT2D eigenvalue weighted by molar-refractivity contribution is 0.0472. The van der Waals surface area contributed by atoms with E-state index in [-0.39, 0.29) is 6.61 Å². The van der Waals surface area contributed by atoms with Crippen molar-refractivity contribution in [1.82, 2.24) is 0 Å². The number of ether oxygens (including phenoxy) is 1. The van der Waals surface area contributed by atoms with E-state index in [9.17, 15) is 9.59 Å². The summed E-state index contributed by atoms with van der Waals surface area (Å²) in [4.78, 5) is 22.4. The molecular weight excluding hydrogens is 228 g/mol. The smallest absolute Gasteiger partial charge is 0.338 e. The highest BCUT2D eigenvalue weighted by Crippen LogP contribution is 2.09. The van der Waals surface area contributed by atoms with Gasteiger partial charge in [-0.25, -0.2) is 4.79 Å². The van der Waals surface area contributed by atoms with E-state index in [2.05, 4.69) is 0 Å². The molecule has 0 saturated heterocycles.